The van der Waals surface area contributed by atoms with E-state index < -0.39 is 0 Å². The van der Waals surface area contributed by atoms with E-state index in [1.54, 1.807) is 12.1 Å². The van der Waals surface area contributed by atoms with E-state index in [1.807, 2.05) is 6.07 Å². The highest BCUT2D eigenvalue weighted by molar-refractivity contribution is 9.10. The Morgan fingerprint density at radius 1 is 1.45 bits per heavy atom. The first-order valence-corrected chi connectivity index (χ1v) is 8.19. The third-order valence-corrected chi connectivity index (χ3v) is 4.36. The molecule has 0 radical (unpaired) electrons. The largest absolute Gasteiger partial charge is 0.352 e. The van der Waals surface area contributed by atoms with Crippen molar-refractivity contribution in [3.63, 3.8) is 0 Å². The van der Waals surface area contributed by atoms with Gasteiger partial charge >= 0.3 is 0 Å². The maximum absolute atomic E-state index is 12.1. The first-order chi connectivity index (χ1) is 9.56. The molecule has 2 rings (SSSR count). The molecule has 1 saturated heterocycles. The molecule has 1 fully saturated rings. The van der Waals surface area contributed by atoms with E-state index in [0.717, 1.165) is 11.0 Å². The molecule has 0 bridgehead atoms. The van der Waals surface area contributed by atoms with E-state index in [0.29, 0.717) is 23.0 Å². The highest BCUT2D eigenvalue weighted by Crippen LogP contribution is 2.21. The summed E-state index contributed by atoms with van der Waals surface area (Å²) in [6, 6.07) is 5.31. The molecule has 110 valence electrons. The Balaban J connectivity index is 1.81. The smallest absolute Gasteiger partial charge is 0.252 e. The van der Waals surface area contributed by atoms with Crippen LogP contribution in [0.4, 0.5) is 0 Å². The fourth-order valence-corrected chi connectivity index (χ4v) is 3.27. The third kappa shape index (κ3) is 4.47. The SMILES string of the molecule is CC(CNC(=O)c1ccc(Br)cc1Cl)CN1CCCC1. The van der Waals surface area contributed by atoms with Crippen LogP contribution in [-0.4, -0.2) is 37.0 Å². The lowest BCUT2D eigenvalue weighted by atomic mass is 10.1. The van der Waals surface area contributed by atoms with Gasteiger partial charge in [0.1, 0.15) is 0 Å². The van der Waals surface area contributed by atoms with Crippen molar-refractivity contribution in [1.29, 1.82) is 0 Å². The minimum atomic E-state index is -0.101. The third-order valence-electron chi connectivity index (χ3n) is 3.56. The quantitative estimate of drug-likeness (QED) is 0.872. The van der Waals surface area contributed by atoms with Gasteiger partial charge in [0, 0.05) is 17.6 Å². The van der Waals surface area contributed by atoms with E-state index in [1.165, 1.54) is 25.9 Å². The fourth-order valence-electron chi connectivity index (χ4n) is 2.51. The van der Waals surface area contributed by atoms with Crippen molar-refractivity contribution in [2.45, 2.75) is 19.8 Å². The van der Waals surface area contributed by atoms with Crippen LogP contribution in [0.5, 0.6) is 0 Å². The predicted octanol–water partition coefficient (Wildman–Crippen LogP) is 3.56. The summed E-state index contributed by atoms with van der Waals surface area (Å²) in [5, 5.41) is 3.44. The number of carbonyl (C=O) groups is 1. The monoisotopic (exact) mass is 358 g/mol. The average molecular weight is 360 g/mol. The number of rotatable bonds is 5. The number of nitrogens with one attached hydrogen (secondary N) is 1. The second-order valence-corrected chi connectivity index (χ2v) is 6.77. The summed E-state index contributed by atoms with van der Waals surface area (Å²) in [7, 11) is 0. The van der Waals surface area contributed by atoms with Crippen LogP contribution in [0.1, 0.15) is 30.1 Å². The zero-order valence-corrected chi connectivity index (χ0v) is 14.0. The standard InChI is InChI=1S/C15H20BrClN2O/c1-11(10-19-6-2-3-7-19)9-18-15(20)13-5-4-12(16)8-14(13)17/h4-5,8,11H,2-3,6-7,9-10H2,1H3,(H,18,20). The Labute approximate surface area is 133 Å². The van der Waals surface area contributed by atoms with Gasteiger partial charge in [-0.15, -0.1) is 0 Å². The van der Waals surface area contributed by atoms with E-state index in [2.05, 4.69) is 33.1 Å². The van der Waals surface area contributed by atoms with Crippen molar-refractivity contribution in [2.75, 3.05) is 26.2 Å². The van der Waals surface area contributed by atoms with E-state index >= 15 is 0 Å². The van der Waals surface area contributed by atoms with Gasteiger partial charge < -0.3 is 10.2 Å². The molecule has 1 unspecified atom stereocenters. The van der Waals surface area contributed by atoms with Gasteiger partial charge in [-0.2, -0.15) is 0 Å². The second kappa shape index (κ2) is 7.43. The minimum Gasteiger partial charge on any atom is -0.352 e. The summed E-state index contributed by atoms with van der Waals surface area (Å²) in [6.07, 6.45) is 2.60. The molecule has 1 aromatic rings. The molecule has 1 aliphatic rings. The highest BCUT2D eigenvalue weighted by atomic mass is 79.9. The number of halogens is 2. The second-order valence-electron chi connectivity index (χ2n) is 5.45. The summed E-state index contributed by atoms with van der Waals surface area (Å²) >= 11 is 9.41. The fraction of sp³-hybridized carbons (Fsp3) is 0.533. The van der Waals surface area contributed by atoms with Crippen molar-refractivity contribution >= 4 is 33.4 Å². The van der Waals surface area contributed by atoms with Gasteiger partial charge in [-0.1, -0.05) is 34.5 Å². The van der Waals surface area contributed by atoms with Crippen LogP contribution in [0, 0.1) is 5.92 Å². The van der Waals surface area contributed by atoms with Crippen LogP contribution < -0.4 is 5.32 Å². The molecule has 1 aromatic carbocycles. The maximum Gasteiger partial charge on any atom is 0.252 e. The molecule has 0 aromatic heterocycles. The molecule has 20 heavy (non-hydrogen) atoms. The van der Waals surface area contributed by atoms with Crippen molar-refractivity contribution < 1.29 is 4.79 Å². The molecule has 1 atom stereocenters. The molecular formula is C15H20BrClN2O. The Bertz CT molecular complexity index is 475. The summed E-state index contributed by atoms with van der Waals surface area (Å²) in [5.74, 6) is 0.349. The molecular weight excluding hydrogens is 340 g/mol. The van der Waals surface area contributed by atoms with Gasteiger partial charge in [-0.3, -0.25) is 4.79 Å². The van der Waals surface area contributed by atoms with Gasteiger partial charge in [0.05, 0.1) is 10.6 Å². The number of hydrogen-bond donors (Lipinski definition) is 1. The Morgan fingerprint density at radius 3 is 2.80 bits per heavy atom. The number of likely N-dealkylation sites (tertiary alicyclic amines) is 1. The summed E-state index contributed by atoms with van der Waals surface area (Å²) in [6.45, 7) is 6.28. The topological polar surface area (TPSA) is 32.3 Å². The number of nitrogens with zero attached hydrogens (tertiary/aromatic N) is 1. The predicted molar refractivity (Wildman–Crippen MR) is 86.3 cm³/mol. The van der Waals surface area contributed by atoms with Crippen molar-refractivity contribution in [3.8, 4) is 0 Å². The number of amides is 1. The zero-order chi connectivity index (χ0) is 14.5. The Hall–Kier alpha value is -0.580. The highest BCUT2D eigenvalue weighted by Gasteiger charge is 2.16. The van der Waals surface area contributed by atoms with E-state index in [-0.39, 0.29) is 5.91 Å². The van der Waals surface area contributed by atoms with Gasteiger partial charge in [0.25, 0.3) is 5.91 Å². The van der Waals surface area contributed by atoms with Crippen molar-refractivity contribution in [2.24, 2.45) is 5.92 Å². The first kappa shape index (κ1) is 15.8. The lowest BCUT2D eigenvalue weighted by Gasteiger charge is -2.20. The van der Waals surface area contributed by atoms with Gasteiger partial charge in [-0.25, -0.2) is 0 Å². The number of hydrogen-bond acceptors (Lipinski definition) is 2. The van der Waals surface area contributed by atoms with Gasteiger partial charge in [-0.05, 0) is 50.0 Å². The molecule has 0 aliphatic carbocycles. The first-order valence-electron chi connectivity index (χ1n) is 7.02. The lowest BCUT2D eigenvalue weighted by molar-refractivity contribution is 0.0945. The van der Waals surface area contributed by atoms with Crippen LogP contribution in [0.25, 0.3) is 0 Å². The molecule has 1 heterocycles. The normalized spacial score (nSPS) is 17.1. The molecule has 5 heteroatoms. The molecule has 1 N–H and O–H groups in total. The van der Waals surface area contributed by atoms with Crippen LogP contribution in [0.15, 0.2) is 22.7 Å². The number of carbonyl (C=O) groups excluding carboxylic acids is 1. The van der Waals surface area contributed by atoms with Crippen LogP contribution in [0.2, 0.25) is 5.02 Å². The Morgan fingerprint density at radius 2 is 2.15 bits per heavy atom. The summed E-state index contributed by atoms with van der Waals surface area (Å²) in [4.78, 5) is 14.6. The molecule has 3 nitrogen and oxygen atoms in total. The summed E-state index contributed by atoms with van der Waals surface area (Å²) in [5.41, 5.74) is 0.531. The van der Waals surface area contributed by atoms with Gasteiger partial charge in [0.2, 0.25) is 0 Å². The molecule has 0 spiro atoms. The minimum absolute atomic E-state index is 0.101. The van der Waals surface area contributed by atoms with E-state index in [4.69, 9.17) is 11.6 Å². The van der Waals surface area contributed by atoms with Crippen LogP contribution >= 0.6 is 27.5 Å². The lowest BCUT2D eigenvalue weighted by Crippen LogP contribution is -2.34. The van der Waals surface area contributed by atoms with Gasteiger partial charge in [0.15, 0.2) is 0 Å². The molecule has 1 aliphatic heterocycles. The van der Waals surface area contributed by atoms with Crippen LogP contribution in [-0.2, 0) is 0 Å². The molecule has 1 amide bonds. The number of benzene rings is 1. The average Bonchev–Trinajstić information content (AvgIpc) is 2.89. The van der Waals surface area contributed by atoms with Crippen LogP contribution in [0.3, 0.4) is 0 Å². The van der Waals surface area contributed by atoms with E-state index in [9.17, 15) is 4.79 Å². The maximum atomic E-state index is 12.1. The zero-order valence-electron chi connectivity index (χ0n) is 11.7. The van der Waals surface area contributed by atoms with Crippen molar-refractivity contribution in [3.05, 3.63) is 33.3 Å². The Kier molecular flexibility index (Phi) is 5.87. The molecule has 0 saturated carbocycles. The summed E-state index contributed by atoms with van der Waals surface area (Å²) < 4.78 is 0.876. The van der Waals surface area contributed by atoms with Crippen molar-refractivity contribution in [1.82, 2.24) is 10.2 Å².